The highest BCUT2D eigenvalue weighted by Gasteiger charge is 2.16. The molecule has 1 unspecified atom stereocenters. The zero-order valence-electron chi connectivity index (χ0n) is 11.4. The van der Waals surface area contributed by atoms with E-state index in [1.807, 2.05) is 24.3 Å². The molecule has 2 aromatic rings. The fourth-order valence-corrected chi connectivity index (χ4v) is 2.92. The van der Waals surface area contributed by atoms with E-state index in [4.69, 9.17) is 22.1 Å². The number of nitrogens with one attached hydrogen (secondary N) is 1. The predicted molar refractivity (Wildman–Crippen MR) is 90.2 cm³/mol. The molecule has 1 aliphatic heterocycles. The van der Waals surface area contributed by atoms with Crippen LogP contribution in [0.2, 0.25) is 5.02 Å². The second-order valence-electron chi connectivity index (χ2n) is 5.03. The van der Waals surface area contributed by atoms with Gasteiger partial charge in [-0.15, -0.1) is 0 Å². The third-order valence-corrected chi connectivity index (χ3v) is 4.84. The molecule has 110 valence electrons. The highest BCUT2D eigenvalue weighted by Crippen LogP contribution is 2.31. The van der Waals surface area contributed by atoms with Crippen LogP contribution in [0.3, 0.4) is 0 Å². The lowest BCUT2D eigenvalue weighted by atomic mass is 10.0. The third kappa shape index (κ3) is 3.18. The molecule has 0 aliphatic carbocycles. The maximum absolute atomic E-state index is 6.13. The number of hydrogen-bond acceptors (Lipinski definition) is 3. The van der Waals surface area contributed by atoms with Crippen molar-refractivity contribution in [1.82, 2.24) is 0 Å². The van der Waals surface area contributed by atoms with Crippen LogP contribution < -0.4 is 15.8 Å². The summed E-state index contributed by atoms with van der Waals surface area (Å²) in [6.07, 6.45) is 0.963. The molecule has 0 fully saturated rings. The van der Waals surface area contributed by atoms with E-state index in [9.17, 15) is 0 Å². The number of halogens is 2. The third-order valence-electron chi connectivity index (χ3n) is 3.61. The predicted octanol–water partition coefficient (Wildman–Crippen LogP) is 4.15. The Hall–Kier alpha value is -1.23. The van der Waals surface area contributed by atoms with E-state index in [1.165, 1.54) is 11.1 Å². The first-order chi connectivity index (χ1) is 10.2. The van der Waals surface area contributed by atoms with Crippen molar-refractivity contribution in [3.05, 3.63) is 57.0 Å². The zero-order chi connectivity index (χ0) is 14.8. The number of benzene rings is 2. The van der Waals surface area contributed by atoms with Crippen LogP contribution in [0.25, 0.3) is 0 Å². The molecule has 5 heteroatoms. The Bertz CT molecular complexity index is 663. The lowest BCUT2D eigenvalue weighted by Crippen LogP contribution is -2.20. The fraction of sp³-hybridized carbons (Fsp3) is 0.250. The minimum atomic E-state index is 0.0492. The molecular formula is C16H16BrClN2O. The van der Waals surface area contributed by atoms with Gasteiger partial charge in [-0.25, -0.2) is 0 Å². The molecule has 0 amide bonds. The summed E-state index contributed by atoms with van der Waals surface area (Å²) >= 11 is 9.52. The molecule has 0 aromatic heterocycles. The molecule has 1 atom stereocenters. The standard InChI is InChI=1S/C16H16BrClN2O/c17-13-3-2-12(8-14(13)18)20-15(9-19)10-1-4-16-11(7-10)5-6-21-16/h1-4,7-8,15,20H,5-6,9,19H2. The van der Waals surface area contributed by atoms with Gasteiger partial charge in [-0.2, -0.15) is 0 Å². The minimum absolute atomic E-state index is 0.0492. The largest absolute Gasteiger partial charge is 0.493 e. The average Bonchev–Trinajstić information content (AvgIpc) is 2.95. The van der Waals surface area contributed by atoms with Crippen molar-refractivity contribution >= 4 is 33.2 Å². The molecule has 0 radical (unpaired) electrons. The van der Waals surface area contributed by atoms with Crippen LogP contribution >= 0.6 is 27.5 Å². The van der Waals surface area contributed by atoms with Crippen molar-refractivity contribution in [3.63, 3.8) is 0 Å². The van der Waals surface area contributed by atoms with E-state index in [-0.39, 0.29) is 6.04 Å². The summed E-state index contributed by atoms with van der Waals surface area (Å²) in [5.74, 6) is 0.987. The van der Waals surface area contributed by atoms with Crippen LogP contribution in [0, 0.1) is 0 Å². The summed E-state index contributed by atoms with van der Waals surface area (Å²) in [5, 5.41) is 4.11. The average molecular weight is 368 g/mol. The van der Waals surface area contributed by atoms with Gasteiger partial charge in [0.2, 0.25) is 0 Å². The first kappa shape index (κ1) is 14.7. The number of hydrogen-bond donors (Lipinski definition) is 2. The second kappa shape index (κ2) is 6.26. The maximum Gasteiger partial charge on any atom is 0.122 e. The van der Waals surface area contributed by atoms with E-state index in [2.05, 4.69) is 33.4 Å². The molecule has 1 aliphatic rings. The van der Waals surface area contributed by atoms with Gasteiger partial charge in [0.1, 0.15) is 5.75 Å². The minimum Gasteiger partial charge on any atom is -0.493 e. The van der Waals surface area contributed by atoms with Crippen molar-refractivity contribution in [3.8, 4) is 5.75 Å². The van der Waals surface area contributed by atoms with Crippen molar-refractivity contribution in [2.75, 3.05) is 18.5 Å². The normalized spacial score (nSPS) is 14.4. The van der Waals surface area contributed by atoms with Crippen LogP contribution in [0.15, 0.2) is 40.9 Å². The van der Waals surface area contributed by atoms with Gasteiger partial charge in [0, 0.05) is 23.1 Å². The SMILES string of the molecule is NCC(Nc1ccc(Br)c(Cl)c1)c1ccc2c(c1)CCO2. The molecule has 3 nitrogen and oxygen atoms in total. The maximum atomic E-state index is 6.13. The number of anilines is 1. The van der Waals surface area contributed by atoms with E-state index in [0.29, 0.717) is 11.6 Å². The molecule has 1 heterocycles. The second-order valence-corrected chi connectivity index (χ2v) is 6.29. The molecular weight excluding hydrogens is 352 g/mol. The summed E-state index contributed by atoms with van der Waals surface area (Å²) in [7, 11) is 0. The Kier molecular flexibility index (Phi) is 4.38. The topological polar surface area (TPSA) is 47.3 Å². The van der Waals surface area contributed by atoms with Crippen LogP contribution in [-0.2, 0) is 6.42 Å². The number of ether oxygens (including phenoxy) is 1. The molecule has 0 spiro atoms. The molecule has 3 rings (SSSR count). The Morgan fingerprint density at radius 2 is 2.14 bits per heavy atom. The highest BCUT2D eigenvalue weighted by atomic mass is 79.9. The summed E-state index contributed by atoms with van der Waals surface area (Å²) in [6, 6.07) is 12.1. The summed E-state index contributed by atoms with van der Waals surface area (Å²) in [4.78, 5) is 0. The Morgan fingerprint density at radius 3 is 2.90 bits per heavy atom. The summed E-state index contributed by atoms with van der Waals surface area (Å²) in [5.41, 5.74) is 9.30. The number of fused-ring (bicyclic) bond motifs is 1. The van der Waals surface area contributed by atoms with Crippen molar-refractivity contribution in [2.45, 2.75) is 12.5 Å². The van der Waals surface area contributed by atoms with Crippen LogP contribution in [0.1, 0.15) is 17.2 Å². The smallest absolute Gasteiger partial charge is 0.122 e. The van der Waals surface area contributed by atoms with E-state index < -0.39 is 0 Å². The van der Waals surface area contributed by atoms with Gasteiger partial charge >= 0.3 is 0 Å². The quantitative estimate of drug-likeness (QED) is 0.853. The van der Waals surface area contributed by atoms with Gasteiger partial charge in [0.05, 0.1) is 17.7 Å². The Labute approximate surface area is 137 Å². The lowest BCUT2D eigenvalue weighted by Gasteiger charge is -2.19. The van der Waals surface area contributed by atoms with Gasteiger partial charge in [0.25, 0.3) is 0 Å². The lowest BCUT2D eigenvalue weighted by molar-refractivity contribution is 0.357. The van der Waals surface area contributed by atoms with Crippen LogP contribution in [0.4, 0.5) is 5.69 Å². The molecule has 21 heavy (non-hydrogen) atoms. The first-order valence-electron chi connectivity index (χ1n) is 6.84. The number of nitrogens with two attached hydrogens (primary N) is 1. The van der Waals surface area contributed by atoms with Gasteiger partial charge in [-0.1, -0.05) is 17.7 Å². The Morgan fingerprint density at radius 1 is 1.29 bits per heavy atom. The fourth-order valence-electron chi connectivity index (χ4n) is 2.49. The van der Waals surface area contributed by atoms with E-state index in [0.717, 1.165) is 28.9 Å². The van der Waals surface area contributed by atoms with Crippen molar-refractivity contribution in [1.29, 1.82) is 0 Å². The van der Waals surface area contributed by atoms with Gasteiger partial charge in [-0.05, 0) is 57.4 Å². The molecule has 3 N–H and O–H groups in total. The van der Waals surface area contributed by atoms with Gasteiger partial charge in [-0.3, -0.25) is 0 Å². The van der Waals surface area contributed by atoms with Crippen LogP contribution in [-0.4, -0.2) is 13.2 Å². The molecule has 2 aromatic carbocycles. The highest BCUT2D eigenvalue weighted by molar-refractivity contribution is 9.10. The van der Waals surface area contributed by atoms with Gasteiger partial charge < -0.3 is 15.8 Å². The van der Waals surface area contributed by atoms with Crippen LogP contribution in [0.5, 0.6) is 5.75 Å². The summed E-state index contributed by atoms with van der Waals surface area (Å²) < 4.78 is 6.42. The van der Waals surface area contributed by atoms with Gasteiger partial charge in [0.15, 0.2) is 0 Å². The molecule has 0 bridgehead atoms. The monoisotopic (exact) mass is 366 g/mol. The van der Waals surface area contributed by atoms with Crippen molar-refractivity contribution in [2.24, 2.45) is 5.73 Å². The molecule has 0 saturated heterocycles. The molecule has 0 saturated carbocycles. The first-order valence-corrected chi connectivity index (χ1v) is 8.02. The van der Waals surface area contributed by atoms with E-state index >= 15 is 0 Å². The van der Waals surface area contributed by atoms with E-state index in [1.54, 1.807) is 0 Å². The Balaban J connectivity index is 1.83. The summed E-state index contributed by atoms with van der Waals surface area (Å²) in [6.45, 7) is 1.27. The zero-order valence-corrected chi connectivity index (χ0v) is 13.7. The van der Waals surface area contributed by atoms with Crippen molar-refractivity contribution < 1.29 is 4.74 Å². The number of rotatable bonds is 4.